The number of aromatic nitrogens is 2. The first-order valence-corrected chi connectivity index (χ1v) is 6.14. The molecule has 0 spiro atoms. The van der Waals surface area contributed by atoms with E-state index in [4.69, 9.17) is 4.74 Å². The number of nitrogens with zero attached hydrogens (tertiary/aromatic N) is 3. The van der Waals surface area contributed by atoms with Gasteiger partial charge in [-0.05, 0) is 13.3 Å². The van der Waals surface area contributed by atoms with Crippen LogP contribution in [0.4, 0.5) is 5.82 Å². The zero-order valence-electron chi connectivity index (χ0n) is 10.7. The van der Waals surface area contributed by atoms with Crippen molar-refractivity contribution in [2.45, 2.75) is 32.9 Å². The van der Waals surface area contributed by atoms with Crippen LogP contribution in [0, 0.1) is 0 Å². The Balaban J connectivity index is 2.23. The lowest BCUT2D eigenvalue weighted by molar-refractivity contribution is 0.313. The Morgan fingerprint density at radius 3 is 3.18 bits per heavy atom. The smallest absolute Gasteiger partial charge is 0.239 e. The molecule has 0 saturated heterocycles. The zero-order chi connectivity index (χ0) is 12.3. The van der Waals surface area contributed by atoms with E-state index in [1.807, 2.05) is 13.2 Å². The lowest BCUT2D eigenvalue weighted by Crippen LogP contribution is -2.29. The van der Waals surface area contributed by atoms with Gasteiger partial charge in [-0.15, -0.1) is 0 Å². The van der Waals surface area contributed by atoms with Crippen LogP contribution in [-0.2, 0) is 6.54 Å². The molecule has 0 saturated carbocycles. The van der Waals surface area contributed by atoms with Gasteiger partial charge in [-0.1, -0.05) is 6.92 Å². The van der Waals surface area contributed by atoms with E-state index >= 15 is 0 Å². The molecular weight excluding hydrogens is 216 g/mol. The molecule has 1 atom stereocenters. The summed E-state index contributed by atoms with van der Waals surface area (Å²) in [7, 11) is 2.04. The second kappa shape index (κ2) is 5.31. The summed E-state index contributed by atoms with van der Waals surface area (Å²) in [5.41, 5.74) is 0.892. The van der Waals surface area contributed by atoms with E-state index in [1.165, 1.54) is 0 Å². The normalized spacial score (nSPS) is 16.6. The summed E-state index contributed by atoms with van der Waals surface area (Å²) in [6.07, 6.45) is 2.90. The van der Waals surface area contributed by atoms with Crippen LogP contribution in [0.5, 0.6) is 5.88 Å². The van der Waals surface area contributed by atoms with E-state index in [0.717, 1.165) is 31.0 Å². The molecule has 2 heterocycles. The van der Waals surface area contributed by atoms with E-state index in [1.54, 1.807) is 0 Å². The van der Waals surface area contributed by atoms with Gasteiger partial charge in [0.05, 0.1) is 6.20 Å². The van der Waals surface area contributed by atoms with Gasteiger partial charge >= 0.3 is 0 Å². The van der Waals surface area contributed by atoms with E-state index in [0.29, 0.717) is 18.5 Å². The average molecular weight is 236 g/mol. The minimum Gasteiger partial charge on any atom is -0.475 e. The maximum absolute atomic E-state index is 5.59. The Hall–Kier alpha value is -1.36. The maximum Gasteiger partial charge on any atom is 0.239 e. The Morgan fingerprint density at radius 1 is 1.59 bits per heavy atom. The van der Waals surface area contributed by atoms with Crippen molar-refractivity contribution < 1.29 is 4.74 Å². The van der Waals surface area contributed by atoms with Crippen LogP contribution in [0.15, 0.2) is 6.20 Å². The number of rotatable bonds is 3. The molecule has 1 aliphatic heterocycles. The molecule has 0 radical (unpaired) electrons. The maximum atomic E-state index is 5.59. The van der Waals surface area contributed by atoms with Gasteiger partial charge in [-0.2, -0.15) is 4.98 Å². The summed E-state index contributed by atoms with van der Waals surface area (Å²) in [4.78, 5) is 11.1. The Morgan fingerprint density at radius 2 is 2.41 bits per heavy atom. The average Bonchev–Trinajstić information content (AvgIpc) is 2.61. The fraction of sp³-hybridized carbons (Fsp3) is 0.667. The van der Waals surface area contributed by atoms with Gasteiger partial charge in [0.15, 0.2) is 5.82 Å². The molecule has 2 rings (SSSR count). The van der Waals surface area contributed by atoms with Crippen LogP contribution < -0.4 is 15.0 Å². The molecule has 0 aromatic carbocycles. The Kier molecular flexibility index (Phi) is 3.78. The van der Waals surface area contributed by atoms with Crippen LogP contribution in [0.1, 0.15) is 26.0 Å². The van der Waals surface area contributed by atoms with Crippen molar-refractivity contribution in [1.29, 1.82) is 0 Å². The molecule has 1 aromatic rings. The summed E-state index contributed by atoms with van der Waals surface area (Å²) in [6, 6.07) is 0.450. The summed E-state index contributed by atoms with van der Waals surface area (Å²) in [5.74, 6) is 1.54. The number of nitrogens with one attached hydrogen (secondary N) is 1. The molecule has 0 amide bonds. The molecule has 5 nitrogen and oxygen atoms in total. The Bertz CT molecular complexity index is 383. The van der Waals surface area contributed by atoms with Gasteiger partial charge < -0.3 is 15.0 Å². The van der Waals surface area contributed by atoms with E-state index in [2.05, 4.69) is 34.0 Å². The van der Waals surface area contributed by atoms with E-state index in [9.17, 15) is 0 Å². The predicted octanol–water partition coefficient (Wildman–Crippen LogP) is 1.19. The first-order valence-electron chi connectivity index (χ1n) is 6.14. The van der Waals surface area contributed by atoms with Gasteiger partial charge in [0.1, 0.15) is 12.3 Å². The van der Waals surface area contributed by atoms with Crippen LogP contribution in [-0.4, -0.2) is 36.2 Å². The fourth-order valence-electron chi connectivity index (χ4n) is 1.72. The highest BCUT2D eigenvalue weighted by Crippen LogP contribution is 2.20. The van der Waals surface area contributed by atoms with Gasteiger partial charge in [0.25, 0.3) is 0 Å². The largest absolute Gasteiger partial charge is 0.475 e. The van der Waals surface area contributed by atoms with Crippen LogP contribution in [0.25, 0.3) is 0 Å². The monoisotopic (exact) mass is 236 g/mol. The summed E-state index contributed by atoms with van der Waals surface area (Å²) in [5, 5.41) is 3.24. The van der Waals surface area contributed by atoms with Gasteiger partial charge in [-0.25, -0.2) is 0 Å². The van der Waals surface area contributed by atoms with E-state index in [-0.39, 0.29) is 0 Å². The molecule has 0 aliphatic carbocycles. The molecule has 0 unspecified atom stereocenters. The third-order valence-electron chi connectivity index (χ3n) is 3.22. The lowest BCUT2D eigenvalue weighted by atomic mass is 10.2. The molecule has 1 aromatic heterocycles. The molecular formula is C12H20N4O. The van der Waals surface area contributed by atoms with E-state index < -0.39 is 0 Å². The Labute approximate surface area is 102 Å². The third-order valence-corrected chi connectivity index (χ3v) is 3.22. The van der Waals surface area contributed by atoms with Crippen molar-refractivity contribution >= 4 is 5.82 Å². The number of fused-ring (bicyclic) bond motifs is 1. The number of anilines is 1. The molecule has 1 aliphatic rings. The number of hydrogen-bond acceptors (Lipinski definition) is 5. The first kappa shape index (κ1) is 12.1. The van der Waals surface area contributed by atoms with Crippen molar-refractivity contribution in [3.8, 4) is 5.88 Å². The van der Waals surface area contributed by atoms with Crippen LogP contribution >= 0.6 is 0 Å². The molecule has 94 valence electrons. The zero-order valence-corrected chi connectivity index (χ0v) is 10.7. The SMILES string of the molecule is CC[C@H](C)N(C)c1cnc2c(n1)OCCNC2. The number of hydrogen-bond donors (Lipinski definition) is 1. The standard InChI is InChI=1S/C12H20N4O/c1-4-9(2)16(3)11-8-14-10-7-13-5-6-17-12(10)15-11/h8-9,13H,4-7H2,1-3H3/t9-/m0/s1. The van der Waals surface area contributed by atoms with Crippen molar-refractivity contribution in [1.82, 2.24) is 15.3 Å². The highest BCUT2D eigenvalue weighted by Gasteiger charge is 2.15. The second-order valence-corrected chi connectivity index (χ2v) is 4.37. The van der Waals surface area contributed by atoms with Crippen molar-refractivity contribution in [2.75, 3.05) is 25.1 Å². The van der Waals surface area contributed by atoms with Crippen LogP contribution in [0.3, 0.4) is 0 Å². The lowest BCUT2D eigenvalue weighted by Gasteiger charge is -2.24. The van der Waals surface area contributed by atoms with Crippen molar-refractivity contribution in [2.24, 2.45) is 0 Å². The van der Waals surface area contributed by atoms with Crippen molar-refractivity contribution in [3.05, 3.63) is 11.9 Å². The summed E-state index contributed by atoms with van der Waals surface area (Å²) < 4.78 is 5.59. The minimum absolute atomic E-state index is 0.450. The third kappa shape index (κ3) is 2.66. The van der Waals surface area contributed by atoms with Gasteiger partial charge in [0.2, 0.25) is 5.88 Å². The first-order chi connectivity index (χ1) is 8.22. The second-order valence-electron chi connectivity index (χ2n) is 4.37. The molecule has 5 heteroatoms. The summed E-state index contributed by atoms with van der Waals surface area (Å²) >= 11 is 0. The molecule has 17 heavy (non-hydrogen) atoms. The van der Waals surface area contributed by atoms with Gasteiger partial charge in [0, 0.05) is 26.2 Å². The molecule has 1 N–H and O–H groups in total. The predicted molar refractivity (Wildman–Crippen MR) is 67.4 cm³/mol. The minimum atomic E-state index is 0.450. The molecule has 0 bridgehead atoms. The fourth-order valence-corrected chi connectivity index (χ4v) is 1.72. The topological polar surface area (TPSA) is 50.3 Å². The number of ether oxygens (including phenoxy) is 1. The highest BCUT2D eigenvalue weighted by atomic mass is 16.5. The highest BCUT2D eigenvalue weighted by molar-refractivity contribution is 5.40. The molecule has 0 fully saturated rings. The van der Waals surface area contributed by atoms with Crippen molar-refractivity contribution in [3.63, 3.8) is 0 Å². The summed E-state index contributed by atoms with van der Waals surface area (Å²) in [6.45, 7) is 6.57. The van der Waals surface area contributed by atoms with Gasteiger partial charge in [-0.3, -0.25) is 4.98 Å². The van der Waals surface area contributed by atoms with Crippen LogP contribution in [0.2, 0.25) is 0 Å². The quantitative estimate of drug-likeness (QED) is 0.854.